The van der Waals surface area contributed by atoms with Gasteiger partial charge in [0.05, 0.1) is 0 Å². The Morgan fingerprint density at radius 2 is 2.13 bits per heavy atom. The highest BCUT2D eigenvalue weighted by atomic mass is 19.1. The van der Waals surface area contributed by atoms with E-state index in [1.165, 1.54) is 12.2 Å². The zero-order valence-electron chi connectivity index (χ0n) is 9.53. The lowest BCUT2D eigenvalue weighted by Gasteiger charge is -2.41. The van der Waals surface area contributed by atoms with E-state index in [2.05, 4.69) is 0 Å². The Kier molecular flexibility index (Phi) is 3.80. The van der Waals surface area contributed by atoms with Crippen LogP contribution in [0.1, 0.15) is 20.8 Å². The van der Waals surface area contributed by atoms with Crippen LogP contribution >= 0.6 is 0 Å². The summed E-state index contributed by atoms with van der Waals surface area (Å²) in [6, 6.07) is 0. The van der Waals surface area contributed by atoms with Crippen molar-refractivity contribution in [2.45, 2.75) is 26.3 Å². The Bertz CT molecular complexity index is 294. The molecule has 1 aliphatic rings. The van der Waals surface area contributed by atoms with Crippen LogP contribution in [-0.2, 0) is 4.79 Å². The fourth-order valence-electron chi connectivity index (χ4n) is 2.18. The van der Waals surface area contributed by atoms with E-state index < -0.39 is 5.54 Å². The number of nitrogens with zero attached hydrogens (tertiary/aromatic N) is 1. The van der Waals surface area contributed by atoms with Gasteiger partial charge in [0.1, 0.15) is 17.7 Å². The first-order chi connectivity index (χ1) is 7.10. The third kappa shape index (κ3) is 2.02. The Hall–Kier alpha value is -0.960. The summed E-state index contributed by atoms with van der Waals surface area (Å²) in [5.74, 6) is -0.382. The van der Waals surface area contributed by atoms with Gasteiger partial charge in [0.2, 0.25) is 0 Å². The number of halogens is 1. The van der Waals surface area contributed by atoms with Crippen molar-refractivity contribution in [2.24, 2.45) is 5.92 Å². The molecule has 1 aliphatic carbocycles. The molecule has 0 aliphatic heterocycles. The number of hydrogen-bond donors (Lipinski definition) is 0. The van der Waals surface area contributed by atoms with E-state index in [0.717, 1.165) is 19.4 Å². The maximum Gasteiger partial charge on any atom is 0.144 e. The first-order valence-corrected chi connectivity index (χ1v) is 5.38. The second-order valence-corrected chi connectivity index (χ2v) is 3.85. The lowest BCUT2D eigenvalue weighted by atomic mass is 9.81. The molecule has 2 atom stereocenters. The molecule has 1 unspecified atom stereocenters. The Morgan fingerprint density at radius 3 is 2.53 bits per heavy atom. The predicted octanol–water partition coefficient (Wildman–Crippen LogP) is 2.33. The topological polar surface area (TPSA) is 20.3 Å². The molecular weight excluding hydrogens is 193 g/mol. The summed E-state index contributed by atoms with van der Waals surface area (Å²) in [5.41, 5.74) is -0.668. The second-order valence-electron chi connectivity index (χ2n) is 3.85. The van der Waals surface area contributed by atoms with Gasteiger partial charge in [-0.05, 0) is 25.2 Å². The molecule has 15 heavy (non-hydrogen) atoms. The third-order valence-corrected chi connectivity index (χ3v) is 3.15. The number of aldehydes is 1. The average molecular weight is 211 g/mol. The van der Waals surface area contributed by atoms with Gasteiger partial charge < -0.3 is 4.79 Å². The van der Waals surface area contributed by atoms with Gasteiger partial charge in [-0.15, -0.1) is 0 Å². The predicted molar refractivity (Wildman–Crippen MR) is 59.2 cm³/mol. The first kappa shape index (κ1) is 12.1. The molecule has 84 valence electrons. The molecule has 0 aromatic carbocycles. The van der Waals surface area contributed by atoms with Crippen LogP contribution in [0.3, 0.4) is 0 Å². The zero-order chi connectivity index (χ0) is 11.5. The van der Waals surface area contributed by atoms with Gasteiger partial charge in [0.15, 0.2) is 0 Å². The average Bonchev–Trinajstić information content (AvgIpc) is 2.23. The molecule has 0 N–H and O–H groups in total. The maximum absolute atomic E-state index is 13.0. The van der Waals surface area contributed by atoms with Gasteiger partial charge in [-0.25, -0.2) is 4.39 Å². The number of hydrogen-bond acceptors (Lipinski definition) is 2. The summed E-state index contributed by atoms with van der Waals surface area (Å²) < 4.78 is 13.0. The molecule has 3 heteroatoms. The molecule has 0 spiro atoms. The molecule has 0 heterocycles. The smallest absolute Gasteiger partial charge is 0.144 e. The second kappa shape index (κ2) is 4.71. The Balaban J connectivity index is 3.06. The molecule has 0 radical (unpaired) electrons. The van der Waals surface area contributed by atoms with E-state index in [4.69, 9.17) is 0 Å². The minimum Gasteiger partial charge on any atom is -0.301 e. The highest BCUT2D eigenvalue weighted by molar-refractivity contribution is 5.70. The molecule has 0 saturated carbocycles. The van der Waals surface area contributed by atoms with Crippen molar-refractivity contribution in [1.29, 1.82) is 0 Å². The van der Waals surface area contributed by atoms with Gasteiger partial charge in [-0.2, -0.15) is 0 Å². The Morgan fingerprint density at radius 1 is 1.53 bits per heavy atom. The van der Waals surface area contributed by atoms with Crippen LogP contribution < -0.4 is 0 Å². The van der Waals surface area contributed by atoms with Gasteiger partial charge in [0.25, 0.3) is 0 Å². The maximum atomic E-state index is 13.0. The zero-order valence-corrected chi connectivity index (χ0v) is 9.53. The van der Waals surface area contributed by atoms with E-state index in [1.807, 2.05) is 25.7 Å². The number of carbonyl (C=O) groups is 1. The summed E-state index contributed by atoms with van der Waals surface area (Å²) in [7, 11) is 0. The largest absolute Gasteiger partial charge is 0.301 e. The van der Waals surface area contributed by atoms with Crippen molar-refractivity contribution < 1.29 is 9.18 Å². The third-order valence-electron chi connectivity index (χ3n) is 3.15. The van der Waals surface area contributed by atoms with Crippen LogP contribution in [0, 0.1) is 5.92 Å². The van der Waals surface area contributed by atoms with Crippen LogP contribution in [0.15, 0.2) is 24.1 Å². The normalized spacial score (nSPS) is 30.5. The highest BCUT2D eigenvalue weighted by Crippen LogP contribution is 2.31. The monoisotopic (exact) mass is 211 g/mol. The molecule has 0 fully saturated rings. The van der Waals surface area contributed by atoms with Crippen molar-refractivity contribution in [3.05, 3.63) is 24.1 Å². The molecule has 0 aromatic rings. The van der Waals surface area contributed by atoms with E-state index in [0.29, 0.717) is 0 Å². The van der Waals surface area contributed by atoms with Crippen molar-refractivity contribution in [3.8, 4) is 0 Å². The van der Waals surface area contributed by atoms with Crippen molar-refractivity contribution in [2.75, 3.05) is 13.1 Å². The summed E-state index contributed by atoms with van der Waals surface area (Å²) in [6.45, 7) is 7.43. The summed E-state index contributed by atoms with van der Waals surface area (Å²) in [6.07, 6.45) is 5.48. The number of rotatable bonds is 4. The molecule has 0 saturated heterocycles. The lowest BCUT2D eigenvalue weighted by Crippen LogP contribution is -2.53. The molecule has 2 nitrogen and oxygen atoms in total. The van der Waals surface area contributed by atoms with Crippen LogP contribution in [0.25, 0.3) is 0 Å². The summed E-state index contributed by atoms with van der Waals surface area (Å²) in [5, 5.41) is 0. The molecular formula is C12H18FNO. The van der Waals surface area contributed by atoms with Gasteiger partial charge >= 0.3 is 0 Å². The number of carbonyl (C=O) groups excluding carboxylic acids is 1. The van der Waals surface area contributed by atoms with E-state index in [9.17, 15) is 9.18 Å². The summed E-state index contributed by atoms with van der Waals surface area (Å²) >= 11 is 0. The van der Waals surface area contributed by atoms with Crippen molar-refractivity contribution >= 4 is 6.29 Å². The highest BCUT2D eigenvalue weighted by Gasteiger charge is 2.39. The molecule has 0 bridgehead atoms. The van der Waals surface area contributed by atoms with Gasteiger partial charge in [0, 0.05) is 5.92 Å². The fourth-order valence-corrected chi connectivity index (χ4v) is 2.18. The van der Waals surface area contributed by atoms with Crippen LogP contribution in [0.4, 0.5) is 4.39 Å². The van der Waals surface area contributed by atoms with Gasteiger partial charge in [-0.1, -0.05) is 26.8 Å². The molecule has 0 aromatic heterocycles. The SMILES string of the molecule is CCN(CC)[C@@]1(C=O)C=CC(F)=CC1C. The summed E-state index contributed by atoms with van der Waals surface area (Å²) in [4.78, 5) is 13.4. The van der Waals surface area contributed by atoms with Crippen LogP contribution in [0.5, 0.6) is 0 Å². The van der Waals surface area contributed by atoms with E-state index in [-0.39, 0.29) is 11.7 Å². The van der Waals surface area contributed by atoms with Crippen LogP contribution in [0.2, 0.25) is 0 Å². The number of allylic oxidation sites excluding steroid dienone is 2. The minimum atomic E-state index is -0.668. The number of likely N-dealkylation sites (N-methyl/N-ethyl adjacent to an activating group) is 1. The van der Waals surface area contributed by atoms with Crippen molar-refractivity contribution in [1.82, 2.24) is 4.90 Å². The van der Waals surface area contributed by atoms with Crippen LogP contribution in [-0.4, -0.2) is 29.8 Å². The lowest BCUT2D eigenvalue weighted by molar-refractivity contribution is -0.117. The Labute approximate surface area is 90.5 Å². The minimum absolute atomic E-state index is 0.125. The standard InChI is InChI=1S/C12H18FNO/c1-4-14(5-2)12(9-15)7-6-11(13)8-10(12)3/h6-10H,4-5H2,1-3H3/t10?,12-/m1/s1. The molecule has 0 amide bonds. The van der Waals surface area contributed by atoms with E-state index >= 15 is 0 Å². The van der Waals surface area contributed by atoms with E-state index in [1.54, 1.807) is 6.08 Å². The first-order valence-electron chi connectivity index (χ1n) is 5.38. The quantitative estimate of drug-likeness (QED) is 0.665. The fraction of sp³-hybridized carbons (Fsp3) is 0.583. The van der Waals surface area contributed by atoms with Gasteiger partial charge in [-0.3, -0.25) is 4.90 Å². The van der Waals surface area contributed by atoms with Crippen molar-refractivity contribution in [3.63, 3.8) is 0 Å². The molecule has 1 rings (SSSR count).